The molecular weight excluding hydrogens is 402 g/mol. The third-order valence-corrected chi connectivity index (χ3v) is 7.14. The first-order valence-corrected chi connectivity index (χ1v) is 11.9. The zero-order chi connectivity index (χ0) is 21.0. The lowest BCUT2D eigenvalue weighted by Gasteiger charge is -2.37. The molecule has 2 aromatic rings. The van der Waals surface area contributed by atoms with Crippen LogP contribution in [0, 0.1) is 0 Å². The minimum Gasteiger partial charge on any atom is -0.497 e. The van der Waals surface area contributed by atoms with E-state index < -0.39 is 10.0 Å². The van der Waals surface area contributed by atoms with Crippen LogP contribution in [-0.2, 0) is 16.4 Å². The highest BCUT2D eigenvalue weighted by Crippen LogP contribution is 2.31. The lowest BCUT2D eigenvalue weighted by atomic mass is 10.0. The molecule has 0 radical (unpaired) electrons. The average Bonchev–Trinajstić information content (AvgIpc) is 2.79. The van der Waals surface area contributed by atoms with Gasteiger partial charge in [-0.2, -0.15) is 0 Å². The maximum Gasteiger partial charge on any atom is 0.240 e. The Hall–Kier alpha value is -2.36. The van der Waals surface area contributed by atoms with Gasteiger partial charge in [-0.05, 0) is 36.6 Å². The van der Waals surface area contributed by atoms with Crippen molar-refractivity contribution in [3.63, 3.8) is 0 Å². The topological polar surface area (TPSA) is 86.8 Å². The van der Waals surface area contributed by atoms with Crippen LogP contribution in [0.1, 0.15) is 12.0 Å². The summed E-state index contributed by atoms with van der Waals surface area (Å²) >= 11 is 0. The average molecular weight is 432 g/mol. The first kappa shape index (κ1) is 20.9. The fourth-order valence-electron chi connectivity index (χ4n) is 4.00. The molecule has 0 bridgehead atoms. The van der Waals surface area contributed by atoms with Gasteiger partial charge in [0.05, 0.1) is 17.7 Å². The van der Waals surface area contributed by atoms with E-state index in [1.165, 1.54) is 24.4 Å². The summed E-state index contributed by atoms with van der Waals surface area (Å²) in [6.07, 6.45) is 4.17. The van der Waals surface area contributed by atoms with Gasteiger partial charge in [0.25, 0.3) is 0 Å². The van der Waals surface area contributed by atoms with Crippen LogP contribution < -0.4 is 19.7 Å². The van der Waals surface area contributed by atoms with Gasteiger partial charge in [0.1, 0.15) is 5.75 Å². The Morgan fingerprint density at radius 1 is 1.20 bits per heavy atom. The number of nitrogens with one attached hydrogen (secondary N) is 2. The maximum absolute atomic E-state index is 12.5. The van der Waals surface area contributed by atoms with Crippen LogP contribution in [0.3, 0.4) is 0 Å². The summed E-state index contributed by atoms with van der Waals surface area (Å²) in [7, 11) is -2.02. The van der Waals surface area contributed by atoms with Crippen molar-refractivity contribution < 1.29 is 13.2 Å². The molecular formula is C21H29N5O3S. The second kappa shape index (κ2) is 9.20. The highest BCUT2D eigenvalue weighted by molar-refractivity contribution is 7.89. The van der Waals surface area contributed by atoms with Crippen LogP contribution in [0.2, 0.25) is 0 Å². The molecule has 8 nitrogen and oxygen atoms in total. The molecule has 2 aliphatic rings. The van der Waals surface area contributed by atoms with Crippen molar-refractivity contribution >= 4 is 21.5 Å². The Morgan fingerprint density at radius 3 is 2.83 bits per heavy atom. The van der Waals surface area contributed by atoms with E-state index >= 15 is 0 Å². The van der Waals surface area contributed by atoms with Crippen molar-refractivity contribution in [2.75, 3.05) is 63.1 Å². The monoisotopic (exact) mass is 431 g/mol. The lowest BCUT2D eigenvalue weighted by molar-refractivity contribution is 0.261. The number of piperazine rings is 1. The molecule has 0 spiro atoms. The minimum absolute atomic E-state index is 0.221. The number of rotatable bonds is 7. The van der Waals surface area contributed by atoms with Crippen LogP contribution in [-0.4, -0.2) is 71.2 Å². The van der Waals surface area contributed by atoms with E-state index in [1.54, 1.807) is 18.2 Å². The quantitative estimate of drug-likeness (QED) is 0.688. The van der Waals surface area contributed by atoms with Gasteiger partial charge in [0.2, 0.25) is 10.0 Å². The molecule has 2 aliphatic heterocycles. The SMILES string of the molecule is COc1cccc(S(=O)(=O)NCCN2CCN(c3nccc4c3NCCC4)CC2)c1. The summed E-state index contributed by atoms with van der Waals surface area (Å²) in [6.45, 7) is 5.58. The predicted octanol–water partition coefficient (Wildman–Crippen LogP) is 1.55. The second-order valence-corrected chi connectivity index (χ2v) is 9.37. The van der Waals surface area contributed by atoms with Gasteiger partial charge in [-0.15, -0.1) is 0 Å². The van der Waals surface area contributed by atoms with E-state index in [9.17, 15) is 8.42 Å². The zero-order valence-electron chi connectivity index (χ0n) is 17.3. The number of fused-ring (bicyclic) bond motifs is 1. The molecule has 0 aliphatic carbocycles. The molecule has 30 heavy (non-hydrogen) atoms. The summed E-state index contributed by atoms with van der Waals surface area (Å²) in [5.74, 6) is 1.57. The minimum atomic E-state index is -3.54. The molecule has 1 fully saturated rings. The standard InChI is InChI=1S/C21H29N5O3S/c1-29-18-5-2-6-19(16-18)30(27,28)24-10-11-25-12-14-26(15-13-25)21-20-17(7-9-23-21)4-3-8-22-20/h2,5-7,9,16,22,24H,3-4,8,10-15H2,1H3. The number of anilines is 2. The number of methoxy groups -OCH3 is 1. The van der Waals surface area contributed by atoms with Crippen LogP contribution >= 0.6 is 0 Å². The highest BCUT2D eigenvalue weighted by atomic mass is 32.2. The molecule has 1 aromatic heterocycles. The third-order valence-electron chi connectivity index (χ3n) is 5.69. The number of pyridine rings is 1. The Bertz CT molecular complexity index is 974. The van der Waals surface area contributed by atoms with Crippen molar-refractivity contribution in [2.45, 2.75) is 17.7 Å². The number of hydrogen-bond donors (Lipinski definition) is 2. The van der Waals surface area contributed by atoms with Crippen LogP contribution in [0.15, 0.2) is 41.4 Å². The largest absolute Gasteiger partial charge is 0.497 e. The van der Waals surface area contributed by atoms with Crippen molar-refractivity contribution in [3.8, 4) is 5.75 Å². The van der Waals surface area contributed by atoms with Gasteiger partial charge < -0.3 is 15.0 Å². The normalized spacial score (nSPS) is 17.3. The fraction of sp³-hybridized carbons (Fsp3) is 0.476. The number of benzene rings is 1. The number of sulfonamides is 1. The number of hydrogen-bond acceptors (Lipinski definition) is 7. The fourth-order valence-corrected chi connectivity index (χ4v) is 5.05. The number of aromatic nitrogens is 1. The Labute approximate surface area is 178 Å². The van der Waals surface area contributed by atoms with E-state index in [0.717, 1.165) is 51.4 Å². The number of aryl methyl sites for hydroxylation is 1. The highest BCUT2D eigenvalue weighted by Gasteiger charge is 2.23. The Kier molecular flexibility index (Phi) is 6.40. The second-order valence-electron chi connectivity index (χ2n) is 7.60. The van der Waals surface area contributed by atoms with Gasteiger partial charge in [-0.25, -0.2) is 18.1 Å². The van der Waals surface area contributed by atoms with Gasteiger partial charge in [0, 0.05) is 58.1 Å². The summed E-state index contributed by atoms with van der Waals surface area (Å²) in [4.78, 5) is 9.46. The van der Waals surface area contributed by atoms with Crippen molar-refractivity contribution in [1.29, 1.82) is 0 Å². The van der Waals surface area contributed by atoms with Crippen molar-refractivity contribution in [2.24, 2.45) is 0 Å². The number of ether oxygens (including phenoxy) is 1. The molecule has 162 valence electrons. The Balaban J connectivity index is 1.28. The van der Waals surface area contributed by atoms with E-state index in [1.807, 2.05) is 6.20 Å². The molecule has 0 unspecified atom stereocenters. The van der Waals surface area contributed by atoms with Crippen molar-refractivity contribution in [1.82, 2.24) is 14.6 Å². The Morgan fingerprint density at radius 2 is 2.03 bits per heavy atom. The first-order chi connectivity index (χ1) is 14.6. The first-order valence-electron chi connectivity index (χ1n) is 10.4. The molecule has 1 saturated heterocycles. The van der Waals surface area contributed by atoms with E-state index in [-0.39, 0.29) is 4.90 Å². The molecule has 2 N–H and O–H groups in total. The summed E-state index contributed by atoms with van der Waals surface area (Å²) < 4.78 is 32.8. The van der Waals surface area contributed by atoms with E-state index in [0.29, 0.717) is 18.8 Å². The molecule has 0 atom stereocenters. The summed E-state index contributed by atoms with van der Waals surface area (Å²) in [5, 5.41) is 3.51. The van der Waals surface area contributed by atoms with Crippen LogP contribution in [0.4, 0.5) is 11.5 Å². The van der Waals surface area contributed by atoms with Gasteiger partial charge in [0.15, 0.2) is 5.82 Å². The molecule has 0 amide bonds. The zero-order valence-corrected chi connectivity index (χ0v) is 18.1. The van der Waals surface area contributed by atoms with Crippen LogP contribution in [0.25, 0.3) is 0 Å². The van der Waals surface area contributed by atoms with Gasteiger partial charge in [-0.1, -0.05) is 6.07 Å². The molecule has 1 aromatic carbocycles. The third kappa shape index (κ3) is 4.69. The molecule has 9 heteroatoms. The molecule has 3 heterocycles. The maximum atomic E-state index is 12.5. The summed E-state index contributed by atoms with van der Waals surface area (Å²) in [5.41, 5.74) is 2.53. The van der Waals surface area contributed by atoms with Gasteiger partial charge in [-0.3, -0.25) is 4.90 Å². The van der Waals surface area contributed by atoms with E-state index in [2.05, 4.69) is 30.9 Å². The van der Waals surface area contributed by atoms with Crippen molar-refractivity contribution in [3.05, 3.63) is 42.1 Å². The van der Waals surface area contributed by atoms with E-state index in [4.69, 9.17) is 4.74 Å². The molecule has 4 rings (SSSR count). The number of nitrogens with zero attached hydrogens (tertiary/aromatic N) is 3. The van der Waals surface area contributed by atoms with Crippen LogP contribution in [0.5, 0.6) is 5.75 Å². The molecule has 0 saturated carbocycles. The lowest BCUT2D eigenvalue weighted by Crippen LogP contribution is -2.49. The summed E-state index contributed by atoms with van der Waals surface area (Å²) in [6, 6.07) is 8.62. The van der Waals surface area contributed by atoms with Gasteiger partial charge >= 0.3 is 0 Å². The predicted molar refractivity (Wildman–Crippen MR) is 118 cm³/mol. The smallest absolute Gasteiger partial charge is 0.240 e.